The molecule has 1 unspecified atom stereocenters. The molecule has 1 aliphatic carbocycles. The number of nitrogens with zero attached hydrogens (tertiary/aromatic N) is 4. The van der Waals surface area contributed by atoms with Crippen molar-refractivity contribution in [2.75, 3.05) is 78.7 Å². The maximum atomic E-state index is 12.7. The van der Waals surface area contributed by atoms with Crippen LogP contribution >= 0.6 is 0 Å². The molecule has 2 heterocycles. The molecule has 190 valence electrons. The molecule has 1 amide bonds. The summed E-state index contributed by atoms with van der Waals surface area (Å²) < 4.78 is 5.31. The minimum absolute atomic E-state index is 0.00662. The fourth-order valence-corrected chi connectivity index (χ4v) is 4.87. The number of hydrogen-bond acceptors (Lipinski definition) is 8. The second kappa shape index (κ2) is 12.4. The Kier molecular flexibility index (Phi) is 9.03. The van der Waals surface area contributed by atoms with Gasteiger partial charge in [0.15, 0.2) is 5.78 Å². The van der Waals surface area contributed by atoms with Gasteiger partial charge in [-0.05, 0) is 23.6 Å². The van der Waals surface area contributed by atoms with Crippen LogP contribution in [0.1, 0.15) is 34.7 Å². The van der Waals surface area contributed by atoms with Crippen LogP contribution in [0.3, 0.4) is 0 Å². The van der Waals surface area contributed by atoms with E-state index >= 15 is 0 Å². The molecule has 9 heteroatoms. The molecule has 4 rings (SSSR count). The van der Waals surface area contributed by atoms with E-state index in [1.807, 2.05) is 12.1 Å². The third-order valence-electron chi connectivity index (χ3n) is 7.06. The summed E-state index contributed by atoms with van der Waals surface area (Å²) in [6.45, 7) is 8.40. The summed E-state index contributed by atoms with van der Waals surface area (Å²) in [5.74, 6) is -0.134. The Hall–Kier alpha value is -2.59. The van der Waals surface area contributed by atoms with Gasteiger partial charge < -0.3 is 19.8 Å². The van der Waals surface area contributed by atoms with E-state index in [2.05, 4.69) is 14.8 Å². The molecule has 2 aliphatic heterocycles. The second-order valence-electron chi connectivity index (χ2n) is 9.36. The number of aliphatic hydroxyl groups is 2. The fraction of sp³-hybridized carbons (Fsp3) is 0.577. The van der Waals surface area contributed by atoms with Crippen LogP contribution in [-0.2, 0) is 9.53 Å². The zero-order chi connectivity index (χ0) is 24.6. The SMILES string of the molecule is O=C1CC(c2ccc(C(=O)N3CCOCC3)cc2)CC(O)=C1C=NCCN1CCN(CCO)CC1. The number of carbonyl (C=O) groups is 2. The number of hydrogen-bond donors (Lipinski definition) is 2. The molecule has 2 N–H and O–H groups in total. The Balaban J connectivity index is 1.28. The monoisotopic (exact) mass is 484 g/mol. The van der Waals surface area contributed by atoms with Crippen molar-refractivity contribution in [1.82, 2.24) is 14.7 Å². The maximum Gasteiger partial charge on any atom is 0.254 e. The number of ether oxygens (including phenoxy) is 1. The number of benzene rings is 1. The molecule has 1 atom stereocenters. The van der Waals surface area contributed by atoms with E-state index < -0.39 is 0 Å². The standard InChI is InChI=1S/C26H36N4O5/c31-14-11-29-9-7-28(8-10-29)6-5-27-19-23-24(32)17-22(18-25(23)33)20-1-3-21(4-2-20)26(34)30-12-15-35-16-13-30/h1-4,19,22,31-32H,5-18H2. The third-order valence-corrected chi connectivity index (χ3v) is 7.06. The third kappa shape index (κ3) is 6.76. The lowest BCUT2D eigenvalue weighted by molar-refractivity contribution is -0.116. The molecule has 1 aromatic carbocycles. The number of ketones is 1. The molecule has 0 spiro atoms. The molecule has 0 aromatic heterocycles. The highest BCUT2D eigenvalue weighted by atomic mass is 16.5. The van der Waals surface area contributed by atoms with Crippen molar-refractivity contribution in [3.05, 3.63) is 46.7 Å². The number of β-amino-alcohol motifs (C(OH)–C–C–N with tert-alkyl or cyclic N) is 1. The van der Waals surface area contributed by atoms with Crippen molar-refractivity contribution in [3.8, 4) is 0 Å². The lowest BCUT2D eigenvalue weighted by atomic mass is 9.82. The number of amides is 1. The number of aliphatic imine (C=N–C) groups is 1. The van der Waals surface area contributed by atoms with Gasteiger partial charge in [0.25, 0.3) is 5.91 Å². The van der Waals surface area contributed by atoms with Crippen LogP contribution in [0.25, 0.3) is 0 Å². The van der Waals surface area contributed by atoms with Gasteiger partial charge in [0.1, 0.15) is 5.76 Å². The smallest absolute Gasteiger partial charge is 0.254 e. The Morgan fingerprint density at radius 1 is 1.00 bits per heavy atom. The number of allylic oxidation sites excluding steroid dienone is 2. The molecule has 0 saturated carbocycles. The van der Waals surface area contributed by atoms with E-state index in [4.69, 9.17) is 9.84 Å². The molecule has 1 aromatic rings. The number of aliphatic hydroxyl groups excluding tert-OH is 2. The van der Waals surface area contributed by atoms with Gasteiger partial charge >= 0.3 is 0 Å². The van der Waals surface area contributed by atoms with Crippen molar-refractivity contribution in [2.45, 2.75) is 18.8 Å². The van der Waals surface area contributed by atoms with Gasteiger partial charge in [-0.3, -0.25) is 24.4 Å². The summed E-state index contributed by atoms with van der Waals surface area (Å²) >= 11 is 0. The van der Waals surface area contributed by atoms with Crippen molar-refractivity contribution in [2.24, 2.45) is 4.99 Å². The predicted octanol–water partition coefficient (Wildman–Crippen LogP) is 1.10. The van der Waals surface area contributed by atoms with Gasteiger partial charge in [0, 0.05) is 77.0 Å². The fourth-order valence-electron chi connectivity index (χ4n) is 4.87. The van der Waals surface area contributed by atoms with Crippen LogP contribution in [0.4, 0.5) is 0 Å². The minimum Gasteiger partial charge on any atom is -0.511 e. The first-order chi connectivity index (χ1) is 17.0. The minimum atomic E-state index is -0.109. The van der Waals surface area contributed by atoms with Gasteiger partial charge in [-0.25, -0.2) is 0 Å². The molecule has 0 bridgehead atoms. The molecule has 0 radical (unpaired) electrons. The highest BCUT2D eigenvalue weighted by Gasteiger charge is 2.28. The molecule has 3 aliphatic rings. The summed E-state index contributed by atoms with van der Waals surface area (Å²) in [5, 5.41) is 19.6. The molecular formula is C26H36N4O5. The Bertz CT molecular complexity index is 932. The second-order valence-corrected chi connectivity index (χ2v) is 9.36. The van der Waals surface area contributed by atoms with Crippen molar-refractivity contribution >= 4 is 17.9 Å². The maximum absolute atomic E-state index is 12.7. The van der Waals surface area contributed by atoms with E-state index in [0.717, 1.165) is 44.8 Å². The largest absolute Gasteiger partial charge is 0.511 e. The number of Topliss-reactive ketones (excluding diaryl/α,β-unsaturated/α-hetero) is 1. The molecular weight excluding hydrogens is 448 g/mol. The lowest BCUT2D eigenvalue weighted by Gasteiger charge is -2.33. The predicted molar refractivity (Wildman–Crippen MR) is 133 cm³/mol. The normalized spacial score (nSPS) is 22.8. The highest BCUT2D eigenvalue weighted by molar-refractivity contribution is 6.14. The quantitative estimate of drug-likeness (QED) is 0.532. The van der Waals surface area contributed by atoms with E-state index in [1.165, 1.54) is 6.21 Å². The zero-order valence-corrected chi connectivity index (χ0v) is 20.3. The molecule has 2 saturated heterocycles. The van der Waals surface area contributed by atoms with Gasteiger partial charge in [0.2, 0.25) is 0 Å². The van der Waals surface area contributed by atoms with Gasteiger partial charge in [-0.1, -0.05) is 12.1 Å². The molecule has 9 nitrogen and oxygen atoms in total. The van der Waals surface area contributed by atoms with Crippen LogP contribution in [0, 0.1) is 0 Å². The van der Waals surface area contributed by atoms with Crippen LogP contribution in [0.5, 0.6) is 0 Å². The topological polar surface area (TPSA) is 106 Å². The molecule has 2 fully saturated rings. The zero-order valence-electron chi connectivity index (χ0n) is 20.3. The van der Waals surface area contributed by atoms with Gasteiger partial charge in [-0.2, -0.15) is 0 Å². The van der Waals surface area contributed by atoms with Crippen LogP contribution < -0.4 is 0 Å². The van der Waals surface area contributed by atoms with Crippen LogP contribution in [0.2, 0.25) is 0 Å². The van der Waals surface area contributed by atoms with E-state index in [1.54, 1.807) is 17.0 Å². The van der Waals surface area contributed by atoms with Crippen molar-refractivity contribution in [1.29, 1.82) is 0 Å². The number of rotatable bonds is 8. The van der Waals surface area contributed by atoms with Gasteiger partial charge in [-0.15, -0.1) is 0 Å². The first-order valence-corrected chi connectivity index (χ1v) is 12.5. The Morgan fingerprint density at radius 2 is 1.66 bits per heavy atom. The average molecular weight is 485 g/mol. The summed E-state index contributed by atoms with van der Waals surface area (Å²) in [7, 11) is 0. The number of morpholine rings is 1. The first kappa shape index (κ1) is 25.5. The average Bonchev–Trinajstić information content (AvgIpc) is 2.89. The van der Waals surface area contributed by atoms with E-state index in [0.29, 0.717) is 56.8 Å². The lowest BCUT2D eigenvalue weighted by Crippen LogP contribution is -2.47. The van der Waals surface area contributed by atoms with Crippen LogP contribution in [0.15, 0.2) is 40.6 Å². The highest BCUT2D eigenvalue weighted by Crippen LogP contribution is 2.33. The Labute approximate surface area is 206 Å². The van der Waals surface area contributed by atoms with Gasteiger partial charge in [0.05, 0.1) is 31.9 Å². The summed E-state index contributed by atoms with van der Waals surface area (Å²) in [4.78, 5) is 36.2. The summed E-state index contributed by atoms with van der Waals surface area (Å²) in [6, 6.07) is 7.38. The Morgan fingerprint density at radius 3 is 2.29 bits per heavy atom. The summed E-state index contributed by atoms with van der Waals surface area (Å²) in [5.41, 5.74) is 1.88. The summed E-state index contributed by atoms with van der Waals surface area (Å²) in [6.07, 6.45) is 2.23. The number of piperazine rings is 1. The number of carbonyl (C=O) groups excluding carboxylic acids is 2. The van der Waals surface area contributed by atoms with Crippen molar-refractivity contribution in [3.63, 3.8) is 0 Å². The molecule has 35 heavy (non-hydrogen) atoms. The van der Waals surface area contributed by atoms with Crippen LogP contribution in [-0.4, -0.2) is 122 Å². The van der Waals surface area contributed by atoms with E-state index in [-0.39, 0.29) is 30.0 Å². The first-order valence-electron chi connectivity index (χ1n) is 12.5. The van der Waals surface area contributed by atoms with Crippen molar-refractivity contribution < 1.29 is 24.5 Å². The van der Waals surface area contributed by atoms with E-state index in [9.17, 15) is 14.7 Å².